The van der Waals surface area contributed by atoms with E-state index in [1.165, 1.54) is 42.6 Å². The van der Waals surface area contributed by atoms with Crippen molar-refractivity contribution in [2.24, 2.45) is 0 Å². The van der Waals surface area contributed by atoms with E-state index in [0.717, 1.165) is 0 Å². The van der Waals surface area contributed by atoms with Crippen LogP contribution >= 0.6 is 23.2 Å². The van der Waals surface area contributed by atoms with Crippen LogP contribution in [0.4, 0.5) is 11.4 Å². The Bertz CT molecular complexity index is 1280. The number of anilines is 2. The molecule has 0 spiro atoms. The van der Waals surface area contributed by atoms with Crippen LogP contribution in [0.2, 0.25) is 10.2 Å². The normalized spacial score (nSPS) is 11.8. The van der Waals surface area contributed by atoms with Crippen molar-refractivity contribution in [3.05, 3.63) is 76.5 Å². The molecule has 0 aliphatic heterocycles. The molecule has 0 unspecified atom stereocenters. The molecular weight excluding hydrogens is 457 g/mol. The highest BCUT2D eigenvalue weighted by Crippen LogP contribution is 2.28. The zero-order valence-electron chi connectivity index (χ0n) is 14.9. The molecule has 0 bridgehead atoms. The highest BCUT2D eigenvalue weighted by Gasteiger charge is 2.22. The summed E-state index contributed by atoms with van der Waals surface area (Å²) in [6.45, 7) is 1.59. The molecule has 0 saturated heterocycles. The van der Waals surface area contributed by atoms with Crippen LogP contribution in [0.1, 0.15) is 5.56 Å². The molecule has 1 heterocycles. The maximum Gasteiger partial charge on any atom is 0.264 e. The fourth-order valence-electron chi connectivity index (χ4n) is 2.48. The van der Waals surface area contributed by atoms with Crippen LogP contribution in [0, 0.1) is 6.92 Å². The van der Waals surface area contributed by atoms with Gasteiger partial charge in [-0.3, -0.25) is 9.44 Å². The van der Waals surface area contributed by atoms with Crippen LogP contribution in [0.15, 0.2) is 70.6 Å². The maximum atomic E-state index is 12.8. The second-order valence-electron chi connectivity index (χ2n) is 5.96. The van der Waals surface area contributed by atoms with E-state index in [0.29, 0.717) is 5.56 Å². The quantitative estimate of drug-likeness (QED) is 0.521. The average Bonchev–Trinajstić information content (AvgIpc) is 2.65. The Balaban J connectivity index is 1.96. The Morgan fingerprint density at radius 3 is 2.21 bits per heavy atom. The number of aryl methyl sites for hydroxylation is 1. The summed E-state index contributed by atoms with van der Waals surface area (Å²) in [5, 5.41) is 0.0390. The number of nitrogens with zero attached hydrogens (tertiary/aromatic N) is 1. The molecule has 1 aromatic heterocycles. The fraction of sp³-hybridized carbons (Fsp3) is 0.0556. The molecule has 3 rings (SSSR count). The lowest BCUT2D eigenvalue weighted by molar-refractivity contribution is 0.598. The monoisotopic (exact) mass is 471 g/mol. The molecule has 0 atom stereocenters. The highest BCUT2D eigenvalue weighted by atomic mass is 35.5. The third kappa shape index (κ3) is 4.81. The number of pyridine rings is 1. The average molecular weight is 472 g/mol. The topological polar surface area (TPSA) is 105 Å². The first kappa shape index (κ1) is 21.4. The Morgan fingerprint density at radius 1 is 0.828 bits per heavy atom. The Kier molecular flexibility index (Phi) is 6.04. The summed E-state index contributed by atoms with van der Waals surface area (Å²) < 4.78 is 55.6. The minimum absolute atomic E-state index is 0.0510. The standard InChI is InChI=1S/C18H15Cl2N3O4S2/c1-12-8-9-13(22-28(24,25)16-7-4-10-21-18(16)20)11-17(12)29(26,27)23-15-6-3-2-5-14(15)19/h2-11,22-23H,1H3. The number of hydrogen-bond acceptors (Lipinski definition) is 5. The summed E-state index contributed by atoms with van der Waals surface area (Å²) in [5.41, 5.74) is 0.684. The van der Waals surface area contributed by atoms with E-state index in [9.17, 15) is 16.8 Å². The van der Waals surface area contributed by atoms with Crippen molar-refractivity contribution in [3.8, 4) is 0 Å². The van der Waals surface area contributed by atoms with Crippen LogP contribution < -0.4 is 9.44 Å². The summed E-state index contributed by atoms with van der Waals surface area (Å²) in [6, 6.07) is 13.3. The Labute approximate surface area is 178 Å². The van der Waals surface area contributed by atoms with E-state index in [1.807, 2.05) is 0 Å². The molecule has 0 radical (unpaired) electrons. The minimum Gasteiger partial charge on any atom is -0.279 e. The zero-order chi connectivity index (χ0) is 21.2. The highest BCUT2D eigenvalue weighted by molar-refractivity contribution is 7.93. The van der Waals surface area contributed by atoms with E-state index < -0.39 is 20.0 Å². The van der Waals surface area contributed by atoms with E-state index in [2.05, 4.69) is 14.4 Å². The number of benzene rings is 2. The van der Waals surface area contributed by atoms with Crippen molar-refractivity contribution in [1.29, 1.82) is 0 Å². The number of para-hydroxylation sites is 1. The molecular formula is C18H15Cl2N3O4S2. The summed E-state index contributed by atoms with van der Waals surface area (Å²) in [6.07, 6.45) is 1.36. The largest absolute Gasteiger partial charge is 0.279 e. The number of rotatable bonds is 6. The predicted molar refractivity (Wildman–Crippen MR) is 113 cm³/mol. The van der Waals surface area contributed by atoms with Crippen LogP contribution in [0.5, 0.6) is 0 Å². The molecule has 2 N–H and O–H groups in total. The maximum absolute atomic E-state index is 12.8. The molecule has 0 aliphatic rings. The van der Waals surface area contributed by atoms with Gasteiger partial charge in [0, 0.05) is 6.20 Å². The predicted octanol–water partition coefficient (Wildman–Crippen LogP) is 4.30. The van der Waals surface area contributed by atoms with E-state index >= 15 is 0 Å². The van der Waals surface area contributed by atoms with Gasteiger partial charge in [-0.05, 0) is 48.9 Å². The summed E-state index contributed by atoms with van der Waals surface area (Å²) in [7, 11) is -8.09. The van der Waals surface area contributed by atoms with Gasteiger partial charge < -0.3 is 0 Å². The molecule has 152 valence electrons. The van der Waals surface area contributed by atoms with Crippen molar-refractivity contribution >= 4 is 54.6 Å². The van der Waals surface area contributed by atoms with Gasteiger partial charge in [0.2, 0.25) is 0 Å². The van der Waals surface area contributed by atoms with Gasteiger partial charge in [0.1, 0.15) is 10.0 Å². The first-order chi connectivity index (χ1) is 13.6. The van der Waals surface area contributed by atoms with E-state index in [-0.39, 0.29) is 31.3 Å². The molecule has 0 saturated carbocycles. The van der Waals surface area contributed by atoms with Crippen LogP contribution in [-0.2, 0) is 20.0 Å². The zero-order valence-corrected chi connectivity index (χ0v) is 18.1. The van der Waals surface area contributed by atoms with Gasteiger partial charge in [-0.2, -0.15) is 0 Å². The first-order valence-electron chi connectivity index (χ1n) is 8.11. The van der Waals surface area contributed by atoms with Gasteiger partial charge in [-0.15, -0.1) is 0 Å². The molecule has 29 heavy (non-hydrogen) atoms. The molecule has 11 heteroatoms. The Morgan fingerprint density at radius 2 is 1.52 bits per heavy atom. The second-order valence-corrected chi connectivity index (χ2v) is 10.0. The SMILES string of the molecule is Cc1ccc(NS(=O)(=O)c2cccnc2Cl)cc1S(=O)(=O)Nc1ccccc1Cl. The van der Waals surface area contributed by atoms with Crippen molar-refractivity contribution in [3.63, 3.8) is 0 Å². The van der Waals surface area contributed by atoms with Crippen molar-refractivity contribution < 1.29 is 16.8 Å². The van der Waals surface area contributed by atoms with Crippen LogP contribution in [0.3, 0.4) is 0 Å². The fourth-order valence-corrected chi connectivity index (χ4v) is 5.57. The number of nitrogens with one attached hydrogen (secondary N) is 2. The first-order valence-corrected chi connectivity index (χ1v) is 11.8. The molecule has 2 aromatic carbocycles. The molecule has 7 nitrogen and oxygen atoms in total. The lowest BCUT2D eigenvalue weighted by atomic mass is 10.2. The van der Waals surface area contributed by atoms with Crippen LogP contribution in [-0.4, -0.2) is 21.8 Å². The molecule has 0 fully saturated rings. The molecule has 0 aliphatic carbocycles. The van der Waals surface area contributed by atoms with Gasteiger partial charge in [-0.1, -0.05) is 41.4 Å². The second kappa shape index (κ2) is 8.19. The third-order valence-electron chi connectivity index (χ3n) is 3.86. The minimum atomic E-state index is -4.07. The van der Waals surface area contributed by atoms with Gasteiger partial charge >= 0.3 is 0 Å². The lowest BCUT2D eigenvalue weighted by Gasteiger charge is -2.14. The molecule has 0 amide bonds. The van der Waals surface area contributed by atoms with E-state index in [4.69, 9.17) is 23.2 Å². The van der Waals surface area contributed by atoms with Gasteiger partial charge in [0.25, 0.3) is 20.0 Å². The van der Waals surface area contributed by atoms with Gasteiger partial charge in [-0.25, -0.2) is 21.8 Å². The van der Waals surface area contributed by atoms with E-state index in [1.54, 1.807) is 25.1 Å². The Hall–Kier alpha value is -2.33. The van der Waals surface area contributed by atoms with Gasteiger partial charge in [0.05, 0.1) is 21.3 Å². The summed E-state index contributed by atoms with van der Waals surface area (Å²) in [5.74, 6) is 0. The smallest absolute Gasteiger partial charge is 0.264 e. The van der Waals surface area contributed by atoms with Crippen molar-refractivity contribution in [1.82, 2.24) is 4.98 Å². The number of halogens is 2. The number of hydrogen-bond donors (Lipinski definition) is 2. The molecule has 3 aromatic rings. The summed E-state index contributed by atoms with van der Waals surface area (Å²) >= 11 is 11.9. The number of aromatic nitrogens is 1. The van der Waals surface area contributed by atoms with Crippen molar-refractivity contribution in [2.45, 2.75) is 16.7 Å². The van der Waals surface area contributed by atoms with Gasteiger partial charge in [0.15, 0.2) is 0 Å². The van der Waals surface area contributed by atoms with Crippen molar-refractivity contribution in [2.75, 3.05) is 9.44 Å². The lowest BCUT2D eigenvalue weighted by Crippen LogP contribution is -2.17. The van der Waals surface area contributed by atoms with Crippen LogP contribution in [0.25, 0.3) is 0 Å². The third-order valence-corrected chi connectivity index (χ3v) is 7.53. The number of sulfonamides is 2. The summed E-state index contributed by atoms with van der Waals surface area (Å²) in [4.78, 5) is 3.42.